The first kappa shape index (κ1) is 17.5. The van der Waals surface area contributed by atoms with Gasteiger partial charge in [-0.15, -0.1) is 0 Å². The molecule has 0 radical (unpaired) electrons. The molecule has 0 amide bonds. The number of ether oxygens (including phenoxy) is 1. The summed E-state index contributed by atoms with van der Waals surface area (Å²) in [6.07, 6.45) is 1.27. The first-order valence-electron chi connectivity index (χ1n) is 9.06. The Morgan fingerprint density at radius 1 is 0.960 bits per heavy atom. The smallest absolute Gasteiger partial charge is 0.311 e. The summed E-state index contributed by atoms with van der Waals surface area (Å²) < 4.78 is 5.31. The molecule has 1 saturated heterocycles. The van der Waals surface area contributed by atoms with Gasteiger partial charge in [0.2, 0.25) is 0 Å². The number of carbonyl (C=O) groups is 1. The van der Waals surface area contributed by atoms with E-state index in [1.165, 1.54) is 11.3 Å². The number of anilines is 1. The summed E-state index contributed by atoms with van der Waals surface area (Å²) in [6.45, 7) is 7.14. The molecular weight excluding hydrogens is 312 g/mol. The Bertz CT molecular complexity index is 662. The van der Waals surface area contributed by atoms with E-state index >= 15 is 0 Å². The van der Waals surface area contributed by atoms with Gasteiger partial charge in [0.1, 0.15) is 5.75 Å². The third-order valence-electron chi connectivity index (χ3n) is 4.51. The van der Waals surface area contributed by atoms with E-state index in [-0.39, 0.29) is 5.97 Å². The Labute approximate surface area is 150 Å². The molecule has 0 atom stereocenters. The van der Waals surface area contributed by atoms with Gasteiger partial charge < -0.3 is 9.64 Å². The average molecular weight is 338 g/mol. The highest BCUT2D eigenvalue weighted by atomic mass is 16.5. The van der Waals surface area contributed by atoms with Gasteiger partial charge in [-0.2, -0.15) is 0 Å². The second-order valence-electron chi connectivity index (χ2n) is 6.47. The van der Waals surface area contributed by atoms with Crippen molar-refractivity contribution < 1.29 is 9.53 Å². The summed E-state index contributed by atoms with van der Waals surface area (Å²) in [4.78, 5) is 16.4. The summed E-state index contributed by atoms with van der Waals surface area (Å²) in [6, 6.07) is 18.5. The fourth-order valence-corrected chi connectivity index (χ4v) is 3.12. The fourth-order valence-electron chi connectivity index (χ4n) is 3.12. The van der Waals surface area contributed by atoms with Gasteiger partial charge in [0.25, 0.3) is 0 Å². The number of hydrogen-bond donors (Lipinski definition) is 0. The minimum atomic E-state index is -0.162. The van der Waals surface area contributed by atoms with E-state index in [9.17, 15) is 4.79 Å². The minimum absolute atomic E-state index is 0.162. The number of carbonyl (C=O) groups excluding carboxylic acids is 1. The third-order valence-corrected chi connectivity index (χ3v) is 4.51. The molecular formula is C21H26N2O2. The van der Waals surface area contributed by atoms with Crippen LogP contribution in [0.3, 0.4) is 0 Å². The van der Waals surface area contributed by atoms with Crippen LogP contribution >= 0.6 is 0 Å². The zero-order chi connectivity index (χ0) is 17.5. The lowest BCUT2D eigenvalue weighted by molar-refractivity contribution is -0.134. The van der Waals surface area contributed by atoms with Crippen molar-refractivity contribution >= 4 is 11.7 Å². The lowest BCUT2D eigenvalue weighted by Gasteiger charge is -2.36. The highest BCUT2D eigenvalue weighted by molar-refractivity contribution is 5.72. The minimum Gasteiger partial charge on any atom is -0.427 e. The molecule has 0 N–H and O–H groups in total. The molecule has 0 unspecified atom stereocenters. The monoisotopic (exact) mass is 338 g/mol. The molecule has 0 spiro atoms. The van der Waals surface area contributed by atoms with Crippen molar-refractivity contribution in [2.24, 2.45) is 0 Å². The van der Waals surface area contributed by atoms with Crippen molar-refractivity contribution in [3.63, 3.8) is 0 Å². The average Bonchev–Trinajstić information content (AvgIpc) is 2.64. The maximum atomic E-state index is 11.5. The van der Waals surface area contributed by atoms with E-state index in [1.54, 1.807) is 0 Å². The van der Waals surface area contributed by atoms with Crippen molar-refractivity contribution in [2.45, 2.75) is 26.3 Å². The molecule has 1 aliphatic rings. The normalized spacial score (nSPS) is 15.2. The predicted octanol–water partition coefficient (Wildman–Crippen LogP) is 3.71. The van der Waals surface area contributed by atoms with Gasteiger partial charge in [-0.05, 0) is 36.2 Å². The van der Waals surface area contributed by atoms with Crippen molar-refractivity contribution in [1.29, 1.82) is 0 Å². The van der Waals surface area contributed by atoms with E-state index in [1.807, 2.05) is 31.2 Å². The van der Waals surface area contributed by atoms with Crippen LogP contribution in [-0.2, 0) is 11.3 Å². The van der Waals surface area contributed by atoms with E-state index < -0.39 is 0 Å². The molecule has 1 fully saturated rings. The van der Waals surface area contributed by atoms with Gasteiger partial charge in [0.05, 0.1) is 0 Å². The Morgan fingerprint density at radius 3 is 2.28 bits per heavy atom. The highest BCUT2D eigenvalue weighted by Gasteiger charge is 2.17. The number of hydrogen-bond acceptors (Lipinski definition) is 4. The van der Waals surface area contributed by atoms with Crippen molar-refractivity contribution in [3.8, 4) is 5.75 Å². The zero-order valence-corrected chi connectivity index (χ0v) is 14.9. The molecule has 2 aromatic rings. The number of benzene rings is 2. The quantitative estimate of drug-likeness (QED) is 0.594. The Hall–Kier alpha value is -2.33. The van der Waals surface area contributed by atoms with Crippen LogP contribution in [0.15, 0.2) is 54.6 Å². The topological polar surface area (TPSA) is 32.8 Å². The van der Waals surface area contributed by atoms with Crippen LogP contribution in [0.5, 0.6) is 5.75 Å². The van der Waals surface area contributed by atoms with Crippen LogP contribution < -0.4 is 9.64 Å². The lowest BCUT2D eigenvalue weighted by atomic mass is 10.2. The van der Waals surface area contributed by atoms with Gasteiger partial charge in [-0.3, -0.25) is 9.69 Å². The Kier molecular flexibility index (Phi) is 6.07. The van der Waals surface area contributed by atoms with Crippen LogP contribution in [0, 0.1) is 0 Å². The van der Waals surface area contributed by atoms with E-state index in [0.717, 1.165) is 39.1 Å². The number of piperazine rings is 1. The first-order valence-corrected chi connectivity index (χ1v) is 9.06. The van der Waals surface area contributed by atoms with Gasteiger partial charge >= 0.3 is 5.97 Å². The third kappa shape index (κ3) is 5.07. The number of rotatable bonds is 6. The van der Waals surface area contributed by atoms with Crippen LogP contribution in [0.2, 0.25) is 0 Å². The highest BCUT2D eigenvalue weighted by Crippen LogP contribution is 2.21. The van der Waals surface area contributed by atoms with Gasteiger partial charge in [-0.1, -0.05) is 37.3 Å². The van der Waals surface area contributed by atoms with Crippen LogP contribution in [0.4, 0.5) is 5.69 Å². The van der Waals surface area contributed by atoms with Crippen molar-refractivity contribution in [2.75, 3.05) is 31.1 Å². The molecule has 3 rings (SSSR count). The zero-order valence-electron chi connectivity index (χ0n) is 14.9. The summed E-state index contributed by atoms with van der Waals surface area (Å²) in [5.41, 5.74) is 2.56. The van der Waals surface area contributed by atoms with Crippen molar-refractivity contribution in [3.05, 3.63) is 60.2 Å². The Balaban J connectivity index is 1.50. The SMILES string of the molecule is CCCC(=O)Oc1ccc(N2CCN(Cc3ccccc3)CC2)cc1. The molecule has 0 bridgehead atoms. The molecule has 0 saturated carbocycles. The molecule has 132 valence electrons. The van der Waals surface area contributed by atoms with Crippen LogP contribution in [0.25, 0.3) is 0 Å². The molecule has 2 aromatic carbocycles. The summed E-state index contributed by atoms with van der Waals surface area (Å²) >= 11 is 0. The summed E-state index contributed by atoms with van der Waals surface area (Å²) in [7, 11) is 0. The maximum Gasteiger partial charge on any atom is 0.311 e. The first-order chi connectivity index (χ1) is 12.2. The largest absolute Gasteiger partial charge is 0.427 e. The van der Waals surface area contributed by atoms with Gasteiger partial charge in [0, 0.05) is 44.8 Å². The van der Waals surface area contributed by atoms with E-state index in [4.69, 9.17) is 4.74 Å². The lowest BCUT2D eigenvalue weighted by Crippen LogP contribution is -2.45. The van der Waals surface area contributed by atoms with Crippen molar-refractivity contribution in [1.82, 2.24) is 4.90 Å². The van der Waals surface area contributed by atoms with Gasteiger partial charge in [0.15, 0.2) is 0 Å². The molecule has 4 nitrogen and oxygen atoms in total. The molecule has 1 heterocycles. The molecule has 25 heavy (non-hydrogen) atoms. The second-order valence-corrected chi connectivity index (χ2v) is 6.47. The van der Waals surface area contributed by atoms with Crippen LogP contribution in [-0.4, -0.2) is 37.0 Å². The summed E-state index contributed by atoms with van der Waals surface area (Å²) in [5, 5.41) is 0. The molecule has 4 heteroatoms. The van der Waals surface area contributed by atoms with E-state index in [2.05, 4.69) is 40.1 Å². The predicted molar refractivity (Wildman–Crippen MR) is 101 cm³/mol. The standard InChI is InChI=1S/C21H26N2O2/c1-2-6-21(24)25-20-11-9-19(10-12-20)23-15-13-22(14-16-23)17-18-7-4-3-5-8-18/h3-5,7-12H,2,6,13-17H2,1H3. The fraction of sp³-hybridized carbons (Fsp3) is 0.381. The second kappa shape index (κ2) is 8.67. The summed E-state index contributed by atoms with van der Waals surface area (Å²) in [5.74, 6) is 0.467. The molecule has 1 aliphatic heterocycles. The number of esters is 1. The van der Waals surface area contributed by atoms with E-state index in [0.29, 0.717) is 12.2 Å². The maximum absolute atomic E-state index is 11.5. The number of nitrogens with zero attached hydrogens (tertiary/aromatic N) is 2. The van der Waals surface area contributed by atoms with Crippen LogP contribution in [0.1, 0.15) is 25.3 Å². The molecule has 0 aromatic heterocycles. The molecule has 0 aliphatic carbocycles. The van der Waals surface area contributed by atoms with Gasteiger partial charge in [-0.25, -0.2) is 0 Å². The Morgan fingerprint density at radius 2 is 1.64 bits per heavy atom.